The van der Waals surface area contributed by atoms with Gasteiger partial charge in [0.25, 0.3) is 5.91 Å². The zero-order valence-electron chi connectivity index (χ0n) is 12.9. The minimum Gasteiger partial charge on any atom is -0.350 e. The number of aryl methyl sites for hydroxylation is 2. The van der Waals surface area contributed by atoms with E-state index in [0.29, 0.717) is 10.6 Å². The van der Waals surface area contributed by atoms with Crippen LogP contribution in [-0.2, 0) is 7.05 Å². The van der Waals surface area contributed by atoms with Crippen LogP contribution in [0.1, 0.15) is 21.5 Å². The summed E-state index contributed by atoms with van der Waals surface area (Å²) < 4.78 is 2.02. The Morgan fingerprint density at radius 1 is 1.26 bits per heavy atom. The Bertz CT molecular complexity index is 912. The molecule has 0 aliphatic carbocycles. The Labute approximate surface area is 139 Å². The standard InChI is InChI=1S/C18H16ClN3O/c1-12-7-8-15(16(19)9-12)18(23)21-20-10-13-11-22(2)17-6-4-3-5-14(13)17/h3-11H,1-2H3,(H,21,23)/b20-10+. The fourth-order valence-electron chi connectivity index (χ4n) is 2.50. The quantitative estimate of drug-likeness (QED) is 0.576. The van der Waals surface area contributed by atoms with Crippen LogP contribution >= 0.6 is 11.6 Å². The first-order valence-electron chi connectivity index (χ1n) is 7.20. The molecule has 0 saturated carbocycles. The van der Waals surface area contributed by atoms with Gasteiger partial charge in [-0.15, -0.1) is 0 Å². The highest BCUT2D eigenvalue weighted by atomic mass is 35.5. The monoisotopic (exact) mass is 325 g/mol. The van der Waals surface area contributed by atoms with E-state index in [1.165, 1.54) is 0 Å². The molecule has 0 fully saturated rings. The lowest BCUT2D eigenvalue weighted by atomic mass is 10.1. The molecule has 4 nitrogen and oxygen atoms in total. The fourth-order valence-corrected chi connectivity index (χ4v) is 2.82. The van der Waals surface area contributed by atoms with E-state index < -0.39 is 0 Å². The fraction of sp³-hybridized carbons (Fsp3) is 0.111. The topological polar surface area (TPSA) is 46.4 Å². The number of para-hydroxylation sites is 1. The number of hydrogen-bond acceptors (Lipinski definition) is 2. The second-order valence-corrected chi connectivity index (χ2v) is 5.80. The summed E-state index contributed by atoms with van der Waals surface area (Å²) in [4.78, 5) is 12.1. The van der Waals surface area contributed by atoms with Gasteiger partial charge in [-0.2, -0.15) is 5.10 Å². The number of carbonyl (C=O) groups is 1. The predicted octanol–water partition coefficient (Wildman–Crippen LogP) is 3.90. The van der Waals surface area contributed by atoms with Gasteiger partial charge in [-0.1, -0.05) is 35.9 Å². The summed E-state index contributed by atoms with van der Waals surface area (Å²) in [5.41, 5.74) is 5.99. The number of carbonyl (C=O) groups excluding carboxylic acids is 1. The highest BCUT2D eigenvalue weighted by Gasteiger charge is 2.09. The van der Waals surface area contributed by atoms with Crippen LogP contribution in [0.15, 0.2) is 53.8 Å². The number of fused-ring (bicyclic) bond motifs is 1. The largest absolute Gasteiger partial charge is 0.350 e. The number of benzene rings is 2. The maximum absolute atomic E-state index is 12.1. The smallest absolute Gasteiger partial charge is 0.272 e. The van der Waals surface area contributed by atoms with Crippen molar-refractivity contribution >= 4 is 34.6 Å². The lowest BCUT2D eigenvalue weighted by Crippen LogP contribution is -2.18. The van der Waals surface area contributed by atoms with E-state index in [4.69, 9.17) is 11.6 Å². The first-order valence-corrected chi connectivity index (χ1v) is 7.57. The second kappa shape index (κ2) is 6.26. The summed E-state index contributed by atoms with van der Waals surface area (Å²) in [6.07, 6.45) is 3.61. The van der Waals surface area contributed by atoms with Crippen LogP contribution in [0, 0.1) is 6.92 Å². The van der Waals surface area contributed by atoms with E-state index in [1.807, 2.05) is 55.1 Å². The van der Waals surface area contributed by atoms with Crippen LogP contribution in [-0.4, -0.2) is 16.7 Å². The van der Waals surface area contributed by atoms with E-state index in [2.05, 4.69) is 10.5 Å². The molecule has 0 spiro atoms. The third-order valence-corrected chi connectivity index (χ3v) is 3.98. The number of halogens is 1. The molecular weight excluding hydrogens is 310 g/mol. The molecule has 0 bridgehead atoms. The van der Waals surface area contributed by atoms with Crippen LogP contribution in [0.25, 0.3) is 10.9 Å². The molecule has 1 amide bonds. The Morgan fingerprint density at radius 2 is 2.04 bits per heavy atom. The molecule has 3 rings (SSSR count). The minimum atomic E-state index is -0.327. The first kappa shape index (κ1) is 15.3. The number of aromatic nitrogens is 1. The molecule has 2 aromatic carbocycles. The van der Waals surface area contributed by atoms with Crippen molar-refractivity contribution in [3.63, 3.8) is 0 Å². The maximum atomic E-state index is 12.1. The molecule has 1 N–H and O–H groups in total. The van der Waals surface area contributed by atoms with Crippen molar-refractivity contribution in [3.05, 3.63) is 70.4 Å². The molecule has 0 saturated heterocycles. The highest BCUT2D eigenvalue weighted by Crippen LogP contribution is 2.19. The summed E-state index contributed by atoms with van der Waals surface area (Å²) in [6.45, 7) is 1.92. The zero-order valence-corrected chi connectivity index (χ0v) is 13.6. The molecule has 0 aliphatic rings. The summed E-state index contributed by atoms with van der Waals surface area (Å²) in [7, 11) is 1.98. The van der Waals surface area contributed by atoms with Gasteiger partial charge in [-0.3, -0.25) is 4.79 Å². The van der Waals surface area contributed by atoms with Crippen LogP contribution < -0.4 is 5.43 Å². The van der Waals surface area contributed by atoms with E-state index >= 15 is 0 Å². The average Bonchev–Trinajstić information content (AvgIpc) is 2.84. The SMILES string of the molecule is Cc1ccc(C(=O)N/N=C/c2cn(C)c3ccccc23)c(Cl)c1. The maximum Gasteiger partial charge on any atom is 0.272 e. The van der Waals surface area contributed by atoms with Gasteiger partial charge in [0.15, 0.2) is 0 Å². The molecule has 23 heavy (non-hydrogen) atoms. The molecule has 0 radical (unpaired) electrons. The van der Waals surface area contributed by atoms with Gasteiger partial charge in [0, 0.05) is 29.7 Å². The van der Waals surface area contributed by atoms with Gasteiger partial charge < -0.3 is 4.57 Å². The Balaban J connectivity index is 1.79. The van der Waals surface area contributed by atoms with Crippen molar-refractivity contribution in [3.8, 4) is 0 Å². The van der Waals surface area contributed by atoms with E-state index in [9.17, 15) is 4.79 Å². The first-order chi connectivity index (χ1) is 11.1. The van der Waals surface area contributed by atoms with E-state index in [0.717, 1.165) is 22.0 Å². The Hall–Kier alpha value is -2.59. The summed E-state index contributed by atoms with van der Waals surface area (Å²) in [5, 5.41) is 5.55. The van der Waals surface area contributed by atoms with E-state index in [-0.39, 0.29) is 5.91 Å². The van der Waals surface area contributed by atoms with Gasteiger partial charge in [-0.25, -0.2) is 5.43 Å². The lowest BCUT2D eigenvalue weighted by Gasteiger charge is -2.03. The number of hydrogen-bond donors (Lipinski definition) is 1. The molecule has 0 atom stereocenters. The highest BCUT2D eigenvalue weighted by molar-refractivity contribution is 6.33. The average molecular weight is 326 g/mol. The third kappa shape index (κ3) is 3.12. The molecule has 0 unspecified atom stereocenters. The number of nitrogens with one attached hydrogen (secondary N) is 1. The molecule has 0 aliphatic heterocycles. The molecule has 1 aromatic heterocycles. The van der Waals surface area contributed by atoms with Crippen LogP contribution in [0.5, 0.6) is 0 Å². The molecule has 3 aromatic rings. The summed E-state index contributed by atoms with van der Waals surface area (Å²) in [5.74, 6) is -0.327. The van der Waals surface area contributed by atoms with Gasteiger partial charge in [-0.05, 0) is 30.7 Å². The van der Waals surface area contributed by atoms with Crippen molar-refractivity contribution in [1.82, 2.24) is 9.99 Å². The summed E-state index contributed by atoms with van der Waals surface area (Å²) in [6, 6.07) is 13.3. The number of nitrogens with zero attached hydrogens (tertiary/aromatic N) is 2. The lowest BCUT2D eigenvalue weighted by molar-refractivity contribution is 0.0955. The van der Waals surface area contributed by atoms with Crippen LogP contribution in [0.3, 0.4) is 0 Å². The third-order valence-electron chi connectivity index (χ3n) is 3.67. The van der Waals surface area contributed by atoms with Gasteiger partial charge in [0.2, 0.25) is 0 Å². The minimum absolute atomic E-state index is 0.327. The van der Waals surface area contributed by atoms with Crippen LogP contribution in [0.2, 0.25) is 5.02 Å². The number of hydrazone groups is 1. The predicted molar refractivity (Wildman–Crippen MR) is 94.2 cm³/mol. The normalized spacial score (nSPS) is 11.3. The van der Waals surface area contributed by atoms with E-state index in [1.54, 1.807) is 18.3 Å². The van der Waals surface area contributed by atoms with Crippen molar-refractivity contribution in [2.24, 2.45) is 12.1 Å². The van der Waals surface area contributed by atoms with Gasteiger partial charge in [0.05, 0.1) is 16.8 Å². The second-order valence-electron chi connectivity index (χ2n) is 5.39. The van der Waals surface area contributed by atoms with Gasteiger partial charge in [0.1, 0.15) is 0 Å². The molecule has 5 heteroatoms. The van der Waals surface area contributed by atoms with Crippen molar-refractivity contribution in [1.29, 1.82) is 0 Å². The van der Waals surface area contributed by atoms with Crippen LogP contribution in [0.4, 0.5) is 0 Å². The molecule has 1 heterocycles. The van der Waals surface area contributed by atoms with Gasteiger partial charge >= 0.3 is 0 Å². The Morgan fingerprint density at radius 3 is 2.83 bits per heavy atom. The summed E-state index contributed by atoms with van der Waals surface area (Å²) >= 11 is 6.09. The van der Waals surface area contributed by atoms with Crippen molar-refractivity contribution < 1.29 is 4.79 Å². The molecule has 116 valence electrons. The van der Waals surface area contributed by atoms with Crippen molar-refractivity contribution in [2.45, 2.75) is 6.92 Å². The molecular formula is C18H16ClN3O. The Kier molecular flexibility index (Phi) is 4.17. The zero-order chi connectivity index (χ0) is 16.4. The number of amides is 1. The number of rotatable bonds is 3. The van der Waals surface area contributed by atoms with Crippen molar-refractivity contribution in [2.75, 3.05) is 0 Å².